The summed E-state index contributed by atoms with van der Waals surface area (Å²) in [5, 5.41) is 8.46. The van der Waals surface area contributed by atoms with Gasteiger partial charge in [0.1, 0.15) is 11.6 Å². The predicted molar refractivity (Wildman–Crippen MR) is 97.0 cm³/mol. The maximum atomic E-state index is 12.7. The molecule has 0 saturated carbocycles. The normalized spacial score (nSPS) is 22.6. The Morgan fingerprint density at radius 1 is 1.28 bits per heavy atom. The Kier molecular flexibility index (Phi) is 4.48. The molecular formula is C15H14Cl2N4O3S. The number of fused-ring (bicyclic) bond motifs is 1. The average Bonchev–Trinajstić information content (AvgIpc) is 2.83. The Labute approximate surface area is 159 Å². The van der Waals surface area contributed by atoms with Crippen LogP contribution in [-0.4, -0.2) is 44.4 Å². The molecule has 132 valence electrons. The second-order valence-corrected chi connectivity index (χ2v) is 7.50. The summed E-state index contributed by atoms with van der Waals surface area (Å²) in [5.74, 6) is -1.20. The molecule has 1 unspecified atom stereocenters. The fourth-order valence-electron chi connectivity index (χ4n) is 2.91. The third-order valence-electron chi connectivity index (χ3n) is 4.09. The minimum absolute atomic E-state index is 0.0320. The molecule has 0 aliphatic carbocycles. The zero-order chi connectivity index (χ0) is 18.5. The lowest BCUT2D eigenvalue weighted by Crippen LogP contribution is -2.71. The van der Waals surface area contributed by atoms with Crippen molar-refractivity contribution in [2.75, 3.05) is 5.32 Å². The molecule has 1 aromatic rings. The number of halogens is 2. The zero-order valence-electron chi connectivity index (χ0n) is 13.3. The van der Waals surface area contributed by atoms with E-state index in [2.05, 4.69) is 10.6 Å². The largest absolute Gasteiger partial charge is 0.325 e. The molecule has 10 heteroatoms. The molecule has 2 aliphatic heterocycles. The van der Waals surface area contributed by atoms with Crippen molar-refractivity contribution in [1.82, 2.24) is 15.3 Å². The number of hydrogen-bond donors (Lipinski definition) is 2. The number of hydrazine groups is 1. The van der Waals surface area contributed by atoms with E-state index in [4.69, 9.17) is 35.4 Å². The monoisotopic (exact) mass is 400 g/mol. The Bertz CT molecular complexity index is 794. The quantitative estimate of drug-likeness (QED) is 0.741. The summed E-state index contributed by atoms with van der Waals surface area (Å²) in [4.78, 5) is 37.3. The molecule has 0 aromatic heterocycles. The van der Waals surface area contributed by atoms with Crippen LogP contribution in [0.25, 0.3) is 0 Å². The van der Waals surface area contributed by atoms with Crippen molar-refractivity contribution in [2.45, 2.75) is 31.8 Å². The molecule has 2 heterocycles. The Hall–Kier alpha value is -1.74. The first-order chi connectivity index (χ1) is 11.6. The van der Waals surface area contributed by atoms with Crippen LogP contribution >= 0.6 is 35.4 Å². The van der Waals surface area contributed by atoms with Gasteiger partial charge in [0.05, 0.1) is 6.42 Å². The van der Waals surface area contributed by atoms with Crippen LogP contribution < -0.4 is 10.6 Å². The van der Waals surface area contributed by atoms with E-state index in [0.29, 0.717) is 15.7 Å². The third-order valence-corrected chi connectivity index (χ3v) is 4.80. The van der Waals surface area contributed by atoms with Gasteiger partial charge in [-0.3, -0.25) is 19.7 Å². The van der Waals surface area contributed by atoms with E-state index in [9.17, 15) is 14.4 Å². The number of rotatable bonds is 2. The van der Waals surface area contributed by atoms with Crippen molar-refractivity contribution in [2.24, 2.45) is 0 Å². The molecule has 2 aliphatic rings. The molecule has 3 rings (SSSR count). The number of nitrogens with zero attached hydrogens (tertiary/aromatic N) is 2. The van der Waals surface area contributed by atoms with E-state index < -0.39 is 17.5 Å². The molecule has 7 nitrogen and oxygen atoms in total. The highest BCUT2D eigenvalue weighted by Gasteiger charge is 2.56. The van der Waals surface area contributed by atoms with Crippen molar-refractivity contribution < 1.29 is 14.4 Å². The summed E-state index contributed by atoms with van der Waals surface area (Å²) >= 11 is 16.9. The van der Waals surface area contributed by atoms with Gasteiger partial charge in [-0.15, -0.1) is 0 Å². The number of hydrogen-bond acceptors (Lipinski definition) is 5. The predicted octanol–water partition coefficient (Wildman–Crippen LogP) is 1.94. The van der Waals surface area contributed by atoms with E-state index in [-0.39, 0.29) is 23.3 Å². The van der Waals surface area contributed by atoms with Gasteiger partial charge in [0.2, 0.25) is 17.7 Å². The van der Waals surface area contributed by atoms with E-state index in [1.54, 1.807) is 26.0 Å². The number of carbonyl (C=O) groups is 3. The Morgan fingerprint density at radius 3 is 2.48 bits per heavy atom. The first-order valence-electron chi connectivity index (χ1n) is 7.36. The van der Waals surface area contributed by atoms with Crippen molar-refractivity contribution in [3.63, 3.8) is 0 Å². The van der Waals surface area contributed by atoms with Gasteiger partial charge >= 0.3 is 0 Å². The summed E-state index contributed by atoms with van der Waals surface area (Å²) in [5.41, 5.74) is -0.724. The molecular weight excluding hydrogens is 387 g/mol. The van der Waals surface area contributed by atoms with Crippen LogP contribution in [0.5, 0.6) is 0 Å². The van der Waals surface area contributed by atoms with Crippen LogP contribution in [0.3, 0.4) is 0 Å². The Morgan fingerprint density at radius 2 is 1.88 bits per heavy atom. The van der Waals surface area contributed by atoms with Gasteiger partial charge in [0.15, 0.2) is 5.11 Å². The highest BCUT2D eigenvalue weighted by atomic mass is 35.5. The van der Waals surface area contributed by atoms with E-state index in [1.165, 1.54) is 16.1 Å². The highest BCUT2D eigenvalue weighted by molar-refractivity contribution is 7.80. The average molecular weight is 401 g/mol. The van der Waals surface area contributed by atoms with Crippen LogP contribution in [-0.2, 0) is 14.4 Å². The SMILES string of the molecule is CC1(C)C(=O)NC(=S)N2C(=O)CC(C(=O)Nc3cc(Cl)cc(Cl)c3)N21. The Balaban J connectivity index is 1.91. The van der Waals surface area contributed by atoms with Crippen LogP contribution in [0, 0.1) is 0 Å². The maximum Gasteiger partial charge on any atom is 0.248 e. The minimum atomic E-state index is -1.12. The minimum Gasteiger partial charge on any atom is -0.325 e. The summed E-state index contributed by atoms with van der Waals surface area (Å²) in [6.07, 6.45) is -0.0986. The van der Waals surface area contributed by atoms with E-state index in [1.807, 2.05) is 0 Å². The number of anilines is 1. The van der Waals surface area contributed by atoms with Crippen molar-refractivity contribution in [3.05, 3.63) is 28.2 Å². The van der Waals surface area contributed by atoms with Gasteiger partial charge in [-0.05, 0) is 44.3 Å². The smallest absolute Gasteiger partial charge is 0.248 e. The summed E-state index contributed by atoms with van der Waals surface area (Å²) in [7, 11) is 0. The van der Waals surface area contributed by atoms with Gasteiger partial charge in [-0.2, -0.15) is 5.01 Å². The fraction of sp³-hybridized carbons (Fsp3) is 0.333. The van der Waals surface area contributed by atoms with Crippen molar-refractivity contribution in [1.29, 1.82) is 0 Å². The van der Waals surface area contributed by atoms with E-state index in [0.717, 1.165) is 0 Å². The standard InChI is InChI=1S/C15H14Cl2N4O3S/c1-15(2)13(24)19-14(25)20-11(22)6-10(21(15)20)12(23)18-9-4-7(16)3-8(17)5-9/h3-5,10H,6H2,1-2H3,(H,18,23)(H,19,24,25). The first-order valence-corrected chi connectivity index (χ1v) is 8.52. The van der Waals surface area contributed by atoms with Gasteiger partial charge in [0, 0.05) is 15.7 Å². The molecule has 0 spiro atoms. The summed E-state index contributed by atoms with van der Waals surface area (Å²) in [6, 6.07) is 3.73. The van der Waals surface area contributed by atoms with Crippen molar-refractivity contribution >= 4 is 63.9 Å². The van der Waals surface area contributed by atoms with Gasteiger partial charge < -0.3 is 5.32 Å². The number of thiocarbonyl (C=S) groups is 1. The second kappa shape index (κ2) is 6.21. The van der Waals surface area contributed by atoms with Gasteiger partial charge in [0.25, 0.3) is 0 Å². The lowest BCUT2D eigenvalue weighted by atomic mass is 10.00. The van der Waals surface area contributed by atoms with Crippen LogP contribution in [0.2, 0.25) is 10.0 Å². The summed E-state index contributed by atoms with van der Waals surface area (Å²) < 4.78 is 0. The number of nitrogens with one attached hydrogen (secondary N) is 2. The lowest BCUT2D eigenvalue weighted by molar-refractivity contribution is -0.154. The molecule has 0 radical (unpaired) electrons. The lowest BCUT2D eigenvalue weighted by Gasteiger charge is -2.45. The number of carbonyl (C=O) groups excluding carboxylic acids is 3. The molecule has 2 saturated heterocycles. The van der Waals surface area contributed by atoms with Crippen LogP contribution in [0.15, 0.2) is 18.2 Å². The molecule has 1 aromatic carbocycles. The number of amides is 3. The molecule has 2 N–H and O–H groups in total. The molecule has 1 atom stereocenters. The molecule has 2 fully saturated rings. The molecule has 3 amide bonds. The topological polar surface area (TPSA) is 81.8 Å². The second-order valence-electron chi connectivity index (χ2n) is 6.24. The first kappa shape index (κ1) is 18.1. The summed E-state index contributed by atoms with van der Waals surface area (Å²) in [6.45, 7) is 3.23. The van der Waals surface area contributed by atoms with Gasteiger partial charge in [-0.25, -0.2) is 5.01 Å². The fourth-order valence-corrected chi connectivity index (χ4v) is 3.72. The van der Waals surface area contributed by atoms with Crippen LogP contribution in [0.1, 0.15) is 20.3 Å². The maximum absolute atomic E-state index is 12.7. The van der Waals surface area contributed by atoms with E-state index >= 15 is 0 Å². The van der Waals surface area contributed by atoms with Crippen molar-refractivity contribution in [3.8, 4) is 0 Å². The third kappa shape index (κ3) is 3.10. The number of benzene rings is 1. The van der Waals surface area contributed by atoms with Crippen LogP contribution in [0.4, 0.5) is 5.69 Å². The molecule has 0 bridgehead atoms. The zero-order valence-corrected chi connectivity index (χ0v) is 15.6. The highest BCUT2D eigenvalue weighted by Crippen LogP contribution is 2.33. The molecule has 25 heavy (non-hydrogen) atoms. The van der Waals surface area contributed by atoms with Gasteiger partial charge in [-0.1, -0.05) is 23.2 Å².